The van der Waals surface area contributed by atoms with Gasteiger partial charge in [-0.2, -0.15) is 0 Å². The SMILES string of the molecule is O=C(Cc1ccc(-n2cnnn2)cc1)N1CCN(C(=O)Cc2c[nH]c3ccccc23)CC1. The molecule has 162 valence electrons. The number of amides is 2. The molecule has 1 N–H and O–H groups in total. The summed E-state index contributed by atoms with van der Waals surface area (Å²) in [5.74, 6) is 0.170. The van der Waals surface area contributed by atoms with Crippen LogP contribution >= 0.6 is 0 Å². The molecule has 2 amide bonds. The minimum absolute atomic E-state index is 0.0731. The van der Waals surface area contributed by atoms with Crippen molar-refractivity contribution in [3.8, 4) is 5.69 Å². The summed E-state index contributed by atoms with van der Waals surface area (Å²) in [5.41, 5.74) is 3.82. The summed E-state index contributed by atoms with van der Waals surface area (Å²) in [6.45, 7) is 2.23. The van der Waals surface area contributed by atoms with Crippen molar-refractivity contribution in [2.75, 3.05) is 26.2 Å². The summed E-state index contributed by atoms with van der Waals surface area (Å²) < 4.78 is 1.57. The van der Waals surface area contributed by atoms with Gasteiger partial charge in [-0.15, -0.1) is 5.10 Å². The molecule has 2 aromatic carbocycles. The highest BCUT2D eigenvalue weighted by Crippen LogP contribution is 2.19. The Morgan fingerprint density at radius 1 is 0.875 bits per heavy atom. The molecule has 0 atom stereocenters. The van der Waals surface area contributed by atoms with Gasteiger partial charge in [0, 0.05) is 43.3 Å². The number of benzene rings is 2. The lowest BCUT2D eigenvalue weighted by Gasteiger charge is -2.35. The molecule has 2 aromatic heterocycles. The quantitative estimate of drug-likeness (QED) is 0.519. The molecule has 9 heteroatoms. The van der Waals surface area contributed by atoms with E-state index in [-0.39, 0.29) is 11.8 Å². The zero-order chi connectivity index (χ0) is 21.9. The molecular formula is C23H23N7O2. The predicted octanol–water partition coefficient (Wildman–Crippen LogP) is 1.60. The van der Waals surface area contributed by atoms with Crippen LogP contribution in [0.2, 0.25) is 0 Å². The van der Waals surface area contributed by atoms with Crippen LogP contribution in [-0.2, 0) is 22.4 Å². The van der Waals surface area contributed by atoms with Crippen LogP contribution in [-0.4, -0.2) is 73.0 Å². The number of nitrogens with one attached hydrogen (secondary N) is 1. The van der Waals surface area contributed by atoms with Crippen molar-refractivity contribution in [3.63, 3.8) is 0 Å². The molecule has 1 aliphatic rings. The Morgan fingerprint density at radius 2 is 1.56 bits per heavy atom. The van der Waals surface area contributed by atoms with Crippen molar-refractivity contribution in [2.24, 2.45) is 0 Å². The van der Waals surface area contributed by atoms with E-state index in [9.17, 15) is 9.59 Å². The molecule has 32 heavy (non-hydrogen) atoms. The Labute approximate surface area is 184 Å². The van der Waals surface area contributed by atoms with E-state index in [1.807, 2.05) is 64.5 Å². The largest absolute Gasteiger partial charge is 0.361 e. The third-order valence-electron chi connectivity index (χ3n) is 5.91. The van der Waals surface area contributed by atoms with Gasteiger partial charge in [0.15, 0.2) is 0 Å². The molecule has 0 spiro atoms. The topological polar surface area (TPSA) is 100 Å². The molecule has 0 radical (unpaired) electrons. The number of nitrogens with zero attached hydrogens (tertiary/aromatic N) is 6. The Balaban J connectivity index is 1.14. The number of fused-ring (bicyclic) bond motifs is 1. The summed E-state index contributed by atoms with van der Waals surface area (Å²) in [6.07, 6.45) is 4.14. The number of aromatic amines is 1. The highest BCUT2D eigenvalue weighted by Gasteiger charge is 2.24. The highest BCUT2D eigenvalue weighted by atomic mass is 16.2. The summed E-state index contributed by atoms with van der Waals surface area (Å²) in [6, 6.07) is 15.6. The van der Waals surface area contributed by atoms with E-state index in [1.54, 1.807) is 4.68 Å². The zero-order valence-corrected chi connectivity index (χ0v) is 17.5. The number of carbonyl (C=O) groups excluding carboxylic acids is 2. The van der Waals surface area contributed by atoms with Gasteiger partial charge < -0.3 is 14.8 Å². The Kier molecular flexibility index (Phi) is 5.37. The molecule has 0 bridgehead atoms. The molecule has 1 fully saturated rings. The van der Waals surface area contributed by atoms with Crippen LogP contribution in [0.1, 0.15) is 11.1 Å². The summed E-state index contributed by atoms with van der Waals surface area (Å²) in [4.78, 5) is 32.4. The molecule has 0 saturated carbocycles. The maximum Gasteiger partial charge on any atom is 0.227 e. The van der Waals surface area contributed by atoms with E-state index in [1.165, 1.54) is 6.33 Å². The van der Waals surface area contributed by atoms with E-state index in [4.69, 9.17) is 0 Å². The lowest BCUT2D eigenvalue weighted by Crippen LogP contribution is -2.51. The average Bonchev–Trinajstić information content (AvgIpc) is 3.51. The van der Waals surface area contributed by atoms with Gasteiger partial charge in [0.25, 0.3) is 0 Å². The molecule has 0 unspecified atom stereocenters. The second kappa shape index (κ2) is 8.62. The first-order valence-electron chi connectivity index (χ1n) is 10.6. The highest BCUT2D eigenvalue weighted by molar-refractivity contribution is 5.89. The predicted molar refractivity (Wildman–Crippen MR) is 118 cm³/mol. The van der Waals surface area contributed by atoms with Gasteiger partial charge in [-0.3, -0.25) is 9.59 Å². The van der Waals surface area contributed by atoms with Crippen molar-refractivity contribution >= 4 is 22.7 Å². The summed E-state index contributed by atoms with van der Waals surface area (Å²) >= 11 is 0. The monoisotopic (exact) mass is 429 g/mol. The number of hydrogen-bond donors (Lipinski definition) is 1. The van der Waals surface area contributed by atoms with Gasteiger partial charge in [-0.1, -0.05) is 30.3 Å². The van der Waals surface area contributed by atoms with Crippen LogP contribution < -0.4 is 0 Å². The second-order valence-corrected chi connectivity index (χ2v) is 7.90. The van der Waals surface area contributed by atoms with Gasteiger partial charge in [0.2, 0.25) is 11.8 Å². The maximum atomic E-state index is 12.8. The van der Waals surface area contributed by atoms with Gasteiger partial charge in [-0.25, -0.2) is 4.68 Å². The first-order valence-corrected chi connectivity index (χ1v) is 10.6. The van der Waals surface area contributed by atoms with E-state index >= 15 is 0 Å². The number of para-hydroxylation sites is 1. The number of hydrogen-bond acceptors (Lipinski definition) is 5. The average molecular weight is 429 g/mol. The fourth-order valence-electron chi connectivity index (χ4n) is 4.09. The van der Waals surface area contributed by atoms with E-state index in [0.29, 0.717) is 39.0 Å². The molecule has 4 aromatic rings. The van der Waals surface area contributed by atoms with Crippen molar-refractivity contribution in [1.82, 2.24) is 35.0 Å². The van der Waals surface area contributed by atoms with Crippen LogP contribution in [0.25, 0.3) is 16.6 Å². The van der Waals surface area contributed by atoms with Crippen LogP contribution in [0.3, 0.4) is 0 Å². The van der Waals surface area contributed by atoms with Gasteiger partial charge in [0.1, 0.15) is 6.33 Å². The standard InChI is InChI=1S/C23H23N7O2/c31-22(13-17-5-7-19(8-6-17)30-16-25-26-27-30)28-9-11-29(12-10-28)23(32)14-18-15-24-21-4-2-1-3-20(18)21/h1-8,15-16,24H,9-14H2. The number of tetrazole rings is 1. The van der Waals surface area contributed by atoms with E-state index < -0.39 is 0 Å². The zero-order valence-electron chi connectivity index (χ0n) is 17.5. The van der Waals surface area contributed by atoms with Crippen molar-refractivity contribution < 1.29 is 9.59 Å². The van der Waals surface area contributed by atoms with Crippen LogP contribution in [0, 0.1) is 0 Å². The smallest absolute Gasteiger partial charge is 0.227 e. The van der Waals surface area contributed by atoms with E-state index in [2.05, 4.69) is 20.5 Å². The first kappa shape index (κ1) is 19.9. The minimum Gasteiger partial charge on any atom is -0.361 e. The normalized spacial score (nSPS) is 14.1. The number of rotatable bonds is 5. The molecule has 0 aliphatic carbocycles. The number of piperazine rings is 1. The third-order valence-corrected chi connectivity index (χ3v) is 5.91. The number of carbonyl (C=O) groups is 2. The van der Waals surface area contributed by atoms with Crippen molar-refractivity contribution in [3.05, 3.63) is 72.2 Å². The first-order chi connectivity index (χ1) is 15.7. The second-order valence-electron chi connectivity index (χ2n) is 7.90. The molecule has 3 heterocycles. The van der Waals surface area contributed by atoms with Gasteiger partial charge >= 0.3 is 0 Å². The molecule has 5 rings (SSSR count). The molecule has 9 nitrogen and oxygen atoms in total. The maximum absolute atomic E-state index is 12.8. The summed E-state index contributed by atoms with van der Waals surface area (Å²) in [7, 11) is 0. The van der Waals surface area contributed by atoms with Crippen LogP contribution in [0.15, 0.2) is 61.1 Å². The van der Waals surface area contributed by atoms with Gasteiger partial charge in [0.05, 0.1) is 18.5 Å². The fraction of sp³-hybridized carbons (Fsp3) is 0.261. The molecule has 1 aliphatic heterocycles. The Hall–Kier alpha value is -4.01. The lowest BCUT2D eigenvalue weighted by atomic mass is 10.1. The van der Waals surface area contributed by atoms with Gasteiger partial charge in [-0.05, 0) is 39.8 Å². The Morgan fingerprint density at radius 3 is 2.25 bits per heavy atom. The molecular weight excluding hydrogens is 406 g/mol. The van der Waals surface area contributed by atoms with E-state index in [0.717, 1.165) is 27.7 Å². The number of H-pyrrole nitrogens is 1. The third kappa shape index (κ3) is 4.09. The fourth-order valence-corrected chi connectivity index (χ4v) is 4.09. The van der Waals surface area contributed by atoms with Crippen LogP contribution in [0.4, 0.5) is 0 Å². The van der Waals surface area contributed by atoms with Crippen molar-refractivity contribution in [1.29, 1.82) is 0 Å². The minimum atomic E-state index is 0.0731. The Bertz CT molecular complexity index is 1220. The van der Waals surface area contributed by atoms with Crippen molar-refractivity contribution in [2.45, 2.75) is 12.8 Å². The molecule has 1 saturated heterocycles. The number of aromatic nitrogens is 5. The lowest BCUT2D eigenvalue weighted by molar-refractivity contribution is -0.138. The summed E-state index contributed by atoms with van der Waals surface area (Å²) in [5, 5.41) is 12.2. The van der Waals surface area contributed by atoms with Crippen LogP contribution in [0.5, 0.6) is 0 Å².